The van der Waals surface area contributed by atoms with Crippen molar-refractivity contribution in [2.45, 2.75) is 13.0 Å². The number of benzene rings is 1. The Morgan fingerprint density at radius 2 is 2.04 bits per heavy atom. The van der Waals surface area contributed by atoms with Gasteiger partial charge in [-0.25, -0.2) is 14.4 Å². The Morgan fingerprint density at radius 3 is 2.75 bits per heavy atom. The van der Waals surface area contributed by atoms with Gasteiger partial charge in [-0.15, -0.1) is 0 Å². The van der Waals surface area contributed by atoms with Crippen LogP contribution in [0.15, 0.2) is 42.6 Å². The van der Waals surface area contributed by atoms with Crippen molar-refractivity contribution in [1.82, 2.24) is 20.2 Å². The lowest BCUT2D eigenvalue weighted by molar-refractivity contribution is -0.133. The van der Waals surface area contributed by atoms with Crippen molar-refractivity contribution in [3.63, 3.8) is 0 Å². The molecule has 1 aliphatic heterocycles. The molecule has 0 aliphatic carbocycles. The Kier molecular flexibility index (Phi) is 4.38. The highest BCUT2D eigenvalue weighted by Crippen LogP contribution is 2.26. The lowest BCUT2D eigenvalue weighted by Crippen LogP contribution is -2.60. The molecule has 1 aliphatic rings. The molecule has 3 N–H and O–H groups in total. The molecule has 0 atom stereocenters. The molecule has 0 bridgehead atoms. The summed E-state index contributed by atoms with van der Waals surface area (Å²) in [6.07, 6.45) is 1.41. The second kappa shape index (κ2) is 6.88. The average molecular weight is 379 g/mol. The molecular weight excluding hydrogens is 361 g/mol. The number of nitrogens with zero attached hydrogens (tertiary/aromatic N) is 3. The van der Waals surface area contributed by atoms with Gasteiger partial charge in [0.2, 0.25) is 5.91 Å². The zero-order valence-electron chi connectivity index (χ0n) is 15.1. The molecule has 0 saturated carbocycles. The minimum atomic E-state index is -0.362. The van der Waals surface area contributed by atoms with Crippen LogP contribution in [0.4, 0.5) is 10.2 Å². The van der Waals surface area contributed by atoms with Gasteiger partial charge in [0.15, 0.2) is 0 Å². The smallest absolute Gasteiger partial charge is 0.253 e. The van der Waals surface area contributed by atoms with E-state index in [0.29, 0.717) is 40.8 Å². The summed E-state index contributed by atoms with van der Waals surface area (Å²) in [5, 5.41) is 3.45. The average Bonchev–Trinajstić information content (AvgIpc) is 2.64. The van der Waals surface area contributed by atoms with Crippen LogP contribution in [0.1, 0.15) is 17.3 Å². The Labute approximate surface area is 160 Å². The lowest BCUT2D eigenvalue weighted by atomic mass is 10.1. The predicted octanol–water partition coefficient (Wildman–Crippen LogP) is 1.98. The first-order chi connectivity index (χ1) is 13.4. The van der Waals surface area contributed by atoms with Gasteiger partial charge in [-0.05, 0) is 24.3 Å². The van der Waals surface area contributed by atoms with Gasteiger partial charge in [-0.1, -0.05) is 12.1 Å². The first kappa shape index (κ1) is 17.8. The fraction of sp³-hybridized carbons (Fsp3) is 0.200. The quantitative estimate of drug-likeness (QED) is 0.725. The van der Waals surface area contributed by atoms with Gasteiger partial charge in [0.1, 0.15) is 17.2 Å². The van der Waals surface area contributed by atoms with E-state index in [1.807, 2.05) is 0 Å². The number of carbonyl (C=O) groups excluding carboxylic acids is 2. The number of pyridine rings is 2. The molecular formula is C20H18FN5O2. The molecule has 7 nitrogen and oxygen atoms in total. The molecule has 3 aromatic rings. The summed E-state index contributed by atoms with van der Waals surface area (Å²) in [4.78, 5) is 34.2. The number of hydrogen-bond acceptors (Lipinski definition) is 5. The van der Waals surface area contributed by atoms with Gasteiger partial charge in [0.25, 0.3) is 5.91 Å². The number of nitrogens with two attached hydrogens (primary N) is 1. The molecule has 142 valence electrons. The summed E-state index contributed by atoms with van der Waals surface area (Å²) >= 11 is 0. The zero-order valence-corrected chi connectivity index (χ0v) is 15.1. The second-order valence-electron chi connectivity index (χ2n) is 6.75. The highest BCUT2D eigenvalue weighted by Gasteiger charge is 2.30. The van der Waals surface area contributed by atoms with Gasteiger partial charge in [0, 0.05) is 37.2 Å². The number of nitrogen functional groups attached to an aromatic ring is 1. The standard InChI is InChI=1S/C20H18FN5O2/c1-11(27)26-9-14(10-26)24-20(28)16-8-23-19(22)18-15(16)5-6-17(25-18)12-3-2-4-13(21)7-12/h2-8,14H,9-10H2,1H3,(H2,22,23)(H,24,28). The first-order valence-electron chi connectivity index (χ1n) is 8.80. The van der Waals surface area contributed by atoms with Crippen molar-refractivity contribution < 1.29 is 14.0 Å². The maximum Gasteiger partial charge on any atom is 0.253 e. The monoisotopic (exact) mass is 379 g/mol. The third-order valence-corrected chi connectivity index (χ3v) is 4.79. The fourth-order valence-electron chi connectivity index (χ4n) is 3.22. The summed E-state index contributed by atoms with van der Waals surface area (Å²) in [7, 11) is 0. The number of halogens is 1. The predicted molar refractivity (Wildman–Crippen MR) is 103 cm³/mol. The number of carbonyl (C=O) groups is 2. The van der Waals surface area contributed by atoms with E-state index in [9.17, 15) is 14.0 Å². The summed E-state index contributed by atoms with van der Waals surface area (Å²) in [6.45, 7) is 2.48. The Balaban J connectivity index is 1.64. The largest absolute Gasteiger partial charge is 0.382 e. The van der Waals surface area contributed by atoms with E-state index in [2.05, 4.69) is 15.3 Å². The molecule has 1 aromatic carbocycles. The van der Waals surface area contributed by atoms with Crippen molar-refractivity contribution in [2.24, 2.45) is 0 Å². The topological polar surface area (TPSA) is 101 Å². The molecule has 1 saturated heterocycles. The van der Waals surface area contributed by atoms with Crippen LogP contribution in [-0.4, -0.2) is 45.8 Å². The summed E-state index contributed by atoms with van der Waals surface area (Å²) < 4.78 is 13.5. The van der Waals surface area contributed by atoms with Crippen LogP contribution in [0.2, 0.25) is 0 Å². The van der Waals surface area contributed by atoms with Crippen molar-refractivity contribution in [2.75, 3.05) is 18.8 Å². The maximum absolute atomic E-state index is 13.5. The molecule has 2 amide bonds. The lowest BCUT2D eigenvalue weighted by Gasteiger charge is -2.38. The zero-order chi connectivity index (χ0) is 19.8. The number of hydrogen-bond donors (Lipinski definition) is 2. The van der Waals surface area contributed by atoms with Crippen molar-refractivity contribution >= 4 is 28.5 Å². The van der Waals surface area contributed by atoms with E-state index >= 15 is 0 Å². The second-order valence-corrected chi connectivity index (χ2v) is 6.75. The van der Waals surface area contributed by atoms with Gasteiger partial charge in [-0.3, -0.25) is 9.59 Å². The van der Waals surface area contributed by atoms with Gasteiger partial charge in [-0.2, -0.15) is 0 Å². The highest BCUT2D eigenvalue weighted by atomic mass is 19.1. The number of amides is 2. The van der Waals surface area contributed by atoms with Gasteiger partial charge in [0.05, 0.1) is 17.3 Å². The number of rotatable bonds is 3. The van der Waals surface area contributed by atoms with Crippen molar-refractivity contribution in [1.29, 1.82) is 0 Å². The Morgan fingerprint density at radius 1 is 1.25 bits per heavy atom. The van der Waals surface area contributed by atoms with E-state index in [0.717, 1.165) is 0 Å². The summed E-state index contributed by atoms with van der Waals surface area (Å²) in [5.74, 6) is -0.486. The van der Waals surface area contributed by atoms with Crippen LogP contribution in [0.5, 0.6) is 0 Å². The van der Waals surface area contributed by atoms with Gasteiger partial charge < -0.3 is 16.0 Å². The van der Waals surface area contributed by atoms with E-state index in [4.69, 9.17) is 5.73 Å². The van der Waals surface area contributed by atoms with Crippen LogP contribution in [-0.2, 0) is 4.79 Å². The number of aromatic nitrogens is 2. The van der Waals surface area contributed by atoms with Crippen molar-refractivity contribution in [3.8, 4) is 11.3 Å². The van der Waals surface area contributed by atoms with E-state index < -0.39 is 0 Å². The molecule has 4 rings (SSSR count). The number of likely N-dealkylation sites (tertiary alicyclic amines) is 1. The van der Waals surface area contributed by atoms with Crippen molar-refractivity contribution in [3.05, 3.63) is 54.0 Å². The minimum absolute atomic E-state index is 0.0146. The first-order valence-corrected chi connectivity index (χ1v) is 8.80. The van der Waals surface area contributed by atoms with Crippen LogP contribution < -0.4 is 11.1 Å². The van der Waals surface area contributed by atoms with Crippen LogP contribution in [0, 0.1) is 5.82 Å². The molecule has 8 heteroatoms. The third kappa shape index (κ3) is 3.24. The molecule has 1 fully saturated rings. The number of anilines is 1. The molecule has 2 aromatic heterocycles. The van der Waals surface area contributed by atoms with E-state index in [1.165, 1.54) is 25.3 Å². The molecule has 28 heavy (non-hydrogen) atoms. The normalized spacial score (nSPS) is 14.0. The highest BCUT2D eigenvalue weighted by molar-refractivity contribution is 6.08. The van der Waals surface area contributed by atoms with E-state index in [1.54, 1.807) is 29.2 Å². The Bertz CT molecular complexity index is 1100. The molecule has 3 heterocycles. The number of nitrogens with one attached hydrogen (secondary N) is 1. The minimum Gasteiger partial charge on any atom is -0.382 e. The van der Waals surface area contributed by atoms with Crippen LogP contribution in [0.25, 0.3) is 22.2 Å². The molecule has 0 unspecified atom stereocenters. The van der Waals surface area contributed by atoms with E-state index in [-0.39, 0.29) is 29.5 Å². The van der Waals surface area contributed by atoms with Crippen LogP contribution >= 0.6 is 0 Å². The SMILES string of the molecule is CC(=O)N1CC(NC(=O)c2cnc(N)c3nc(-c4cccc(F)c4)ccc23)C1. The molecule has 0 spiro atoms. The third-order valence-electron chi connectivity index (χ3n) is 4.79. The van der Waals surface area contributed by atoms with Crippen LogP contribution in [0.3, 0.4) is 0 Å². The molecule has 0 radical (unpaired) electrons. The summed E-state index contributed by atoms with van der Waals surface area (Å²) in [5.41, 5.74) is 7.84. The summed E-state index contributed by atoms with van der Waals surface area (Å²) in [6, 6.07) is 9.44. The fourth-order valence-corrected chi connectivity index (χ4v) is 3.22. The maximum atomic E-state index is 13.5. The number of fused-ring (bicyclic) bond motifs is 1. The van der Waals surface area contributed by atoms with Gasteiger partial charge >= 0.3 is 0 Å². The Hall–Kier alpha value is -3.55.